The fourth-order valence-electron chi connectivity index (χ4n) is 2.66. The Bertz CT molecular complexity index is 819. The molecule has 130 valence electrons. The van der Waals surface area contributed by atoms with E-state index in [9.17, 15) is 22.8 Å². The van der Waals surface area contributed by atoms with E-state index in [4.69, 9.17) is 0 Å². The Balaban J connectivity index is 1.68. The van der Waals surface area contributed by atoms with Crippen LogP contribution in [0.4, 0.5) is 29.3 Å². The molecule has 0 bridgehead atoms. The molecule has 0 saturated heterocycles. The number of halogens is 3. The first kappa shape index (κ1) is 16.8. The van der Waals surface area contributed by atoms with Crippen LogP contribution in [0.5, 0.6) is 0 Å². The molecule has 0 atom stereocenters. The highest BCUT2D eigenvalue weighted by molar-refractivity contribution is 5.99. The van der Waals surface area contributed by atoms with E-state index in [1.165, 1.54) is 0 Å². The van der Waals surface area contributed by atoms with Crippen LogP contribution in [0.2, 0.25) is 0 Å². The van der Waals surface area contributed by atoms with Crippen LogP contribution in [-0.2, 0) is 17.8 Å². The van der Waals surface area contributed by atoms with Gasteiger partial charge >= 0.3 is 6.03 Å². The molecule has 2 aromatic carbocycles. The third-order valence-corrected chi connectivity index (χ3v) is 3.90. The van der Waals surface area contributed by atoms with Crippen molar-refractivity contribution in [2.24, 2.45) is 0 Å². The van der Waals surface area contributed by atoms with Gasteiger partial charge in [-0.2, -0.15) is 0 Å². The van der Waals surface area contributed by atoms with Crippen molar-refractivity contribution in [3.63, 3.8) is 0 Å². The average molecular weight is 349 g/mol. The third-order valence-electron chi connectivity index (χ3n) is 3.90. The number of hydrogen-bond acceptors (Lipinski definition) is 2. The highest BCUT2D eigenvalue weighted by Crippen LogP contribution is 2.22. The van der Waals surface area contributed by atoms with Gasteiger partial charge in [0.25, 0.3) is 0 Å². The monoisotopic (exact) mass is 349 g/mol. The SMILES string of the molecule is O=CN1CCc2cc(NC(=O)Nc3cc(F)c(F)c(F)c3)ccc2C1. The van der Waals surface area contributed by atoms with Gasteiger partial charge in [-0.3, -0.25) is 4.79 Å². The maximum atomic E-state index is 13.2. The summed E-state index contributed by atoms with van der Waals surface area (Å²) in [5.41, 5.74) is 2.30. The molecule has 0 spiro atoms. The maximum absolute atomic E-state index is 13.2. The fraction of sp³-hybridized carbons (Fsp3) is 0.176. The molecule has 0 saturated carbocycles. The number of nitrogens with zero attached hydrogens (tertiary/aromatic N) is 1. The Morgan fingerprint density at radius 3 is 2.36 bits per heavy atom. The molecule has 25 heavy (non-hydrogen) atoms. The zero-order valence-corrected chi connectivity index (χ0v) is 13.0. The molecule has 3 rings (SSSR count). The number of benzene rings is 2. The summed E-state index contributed by atoms with van der Waals surface area (Å²) in [4.78, 5) is 24.4. The molecular weight excluding hydrogens is 335 g/mol. The highest BCUT2D eigenvalue weighted by atomic mass is 19.2. The standard InChI is InChI=1S/C17H14F3N3O2/c18-14-6-13(7-15(19)16(14)20)22-17(25)21-12-2-1-11-8-23(9-24)4-3-10(11)5-12/h1-2,5-7,9H,3-4,8H2,(H2,21,22,25). The number of anilines is 2. The lowest BCUT2D eigenvalue weighted by atomic mass is 9.99. The predicted octanol–water partition coefficient (Wildman–Crippen LogP) is 3.26. The first-order valence-corrected chi connectivity index (χ1v) is 7.50. The van der Waals surface area contributed by atoms with Gasteiger partial charge in [-0.25, -0.2) is 18.0 Å². The van der Waals surface area contributed by atoms with E-state index in [0.29, 0.717) is 37.3 Å². The lowest BCUT2D eigenvalue weighted by Crippen LogP contribution is -2.29. The molecule has 1 heterocycles. The average Bonchev–Trinajstić information content (AvgIpc) is 2.59. The van der Waals surface area contributed by atoms with Crippen LogP contribution in [-0.4, -0.2) is 23.9 Å². The summed E-state index contributed by atoms with van der Waals surface area (Å²) < 4.78 is 39.2. The molecule has 1 aliphatic heterocycles. The van der Waals surface area contributed by atoms with Crippen molar-refractivity contribution >= 4 is 23.8 Å². The molecule has 0 radical (unpaired) electrons. The third kappa shape index (κ3) is 3.73. The van der Waals surface area contributed by atoms with Crippen LogP contribution < -0.4 is 10.6 Å². The molecule has 5 nitrogen and oxygen atoms in total. The van der Waals surface area contributed by atoms with Gasteiger partial charge in [0.15, 0.2) is 17.5 Å². The van der Waals surface area contributed by atoms with Crippen LogP contribution in [0.1, 0.15) is 11.1 Å². The van der Waals surface area contributed by atoms with Crippen LogP contribution in [0.25, 0.3) is 0 Å². The topological polar surface area (TPSA) is 61.4 Å². The second kappa shape index (κ2) is 6.84. The second-order valence-electron chi connectivity index (χ2n) is 5.64. The van der Waals surface area contributed by atoms with Crippen molar-refractivity contribution in [2.45, 2.75) is 13.0 Å². The largest absolute Gasteiger partial charge is 0.341 e. The van der Waals surface area contributed by atoms with E-state index in [0.717, 1.165) is 17.5 Å². The Hall–Kier alpha value is -3.03. The maximum Gasteiger partial charge on any atom is 0.323 e. The molecule has 0 unspecified atom stereocenters. The first-order chi connectivity index (χ1) is 12.0. The highest BCUT2D eigenvalue weighted by Gasteiger charge is 2.16. The molecule has 2 N–H and O–H groups in total. The van der Waals surface area contributed by atoms with Crippen molar-refractivity contribution in [3.05, 3.63) is 58.9 Å². The summed E-state index contributed by atoms with van der Waals surface area (Å²) in [7, 11) is 0. The van der Waals surface area contributed by atoms with Crippen LogP contribution >= 0.6 is 0 Å². The van der Waals surface area contributed by atoms with Crippen molar-refractivity contribution < 1.29 is 22.8 Å². The Kier molecular flexibility index (Phi) is 4.60. The lowest BCUT2D eigenvalue weighted by Gasteiger charge is -2.25. The number of urea groups is 1. The summed E-state index contributed by atoms with van der Waals surface area (Å²) in [5.74, 6) is -4.36. The van der Waals surface area contributed by atoms with Gasteiger partial charge in [-0.1, -0.05) is 6.07 Å². The van der Waals surface area contributed by atoms with E-state index in [1.807, 2.05) is 0 Å². The molecule has 2 aromatic rings. The number of amides is 3. The van der Waals surface area contributed by atoms with Gasteiger partial charge in [0, 0.05) is 36.6 Å². The zero-order valence-electron chi connectivity index (χ0n) is 13.0. The minimum Gasteiger partial charge on any atom is -0.341 e. The fourth-order valence-corrected chi connectivity index (χ4v) is 2.66. The Morgan fingerprint density at radius 2 is 1.68 bits per heavy atom. The van der Waals surface area contributed by atoms with Gasteiger partial charge < -0.3 is 15.5 Å². The zero-order chi connectivity index (χ0) is 18.0. The number of fused-ring (bicyclic) bond motifs is 1. The number of nitrogens with one attached hydrogen (secondary N) is 2. The number of carbonyl (C=O) groups excluding carboxylic acids is 2. The summed E-state index contributed by atoms with van der Waals surface area (Å²) in [6, 6.07) is 5.92. The smallest absolute Gasteiger partial charge is 0.323 e. The quantitative estimate of drug-likeness (QED) is 0.660. The van der Waals surface area contributed by atoms with E-state index in [1.54, 1.807) is 23.1 Å². The van der Waals surface area contributed by atoms with Crippen molar-refractivity contribution in [1.29, 1.82) is 0 Å². The van der Waals surface area contributed by atoms with Crippen LogP contribution in [0.15, 0.2) is 30.3 Å². The normalized spacial score (nSPS) is 13.2. The Morgan fingerprint density at radius 1 is 1.00 bits per heavy atom. The summed E-state index contributed by atoms with van der Waals surface area (Å²) in [6.45, 7) is 1.11. The van der Waals surface area contributed by atoms with Gasteiger partial charge in [-0.05, 0) is 29.7 Å². The lowest BCUT2D eigenvalue weighted by molar-refractivity contribution is -0.118. The van der Waals surface area contributed by atoms with Crippen molar-refractivity contribution in [2.75, 3.05) is 17.2 Å². The van der Waals surface area contributed by atoms with Gasteiger partial charge in [-0.15, -0.1) is 0 Å². The summed E-state index contributed by atoms with van der Waals surface area (Å²) in [5, 5.41) is 4.79. The molecule has 3 amide bonds. The van der Waals surface area contributed by atoms with Gasteiger partial charge in [0.05, 0.1) is 0 Å². The summed E-state index contributed by atoms with van der Waals surface area (Å²) in [6.07, 6.45) is 1.46. The molecule has 0 fully saturated rings. The van der Waals surface area contributed by atoms with Gasteiger partial charge in [0.2, 0.25) is 6.41 Å². The Labute approximate surface area is 141 Å². The van der Waals surface area contributed by atoms with E-state index >= 15 is 0 Å². The molecule has 1 aliphatic rings. The molecule has 8 heteroatoms. The van der Waals surface area contributed by atoms with E-state index in [2.05, 4.69) is 10.6 Å². The molecular formula is C17H14F3N3O2. The minimum absolute atomic E-state index is 0.200. The molecule has 0 aromatic heterocycles. The van der Waals surface area contributed by atoms with E-state index in [-0.39, 0.29) is 5.69 Å². The van der Waals surface area contributed by atoms with Crippen molar-refractivity contribution in [3.8, 4) is 0 Å². The number of hydrogen-bond donors (Lipinski definition) is 2. The van der Waals surface area contributed by atoms with E-state index < -0.39 is 23.5 Å². The van der Waals surface area contributed by atoms with Crippen LogP contribution in [0, 0.1) is 17.5 Å². The number of carbonyl (C=O) groups is 2. The van der Waals surface area contributed by atoms with Crippen LogP contribution in [0.3, 0.4) is 0 Å². The minimum atomic E-state index is -1.59. The number of rotatable bonds is 3. The van der Waals surface area contributed by atoms with Gasteiger partial charge in [0.1, 0.15) is 0 Å². The summed E-state index contributed by atoms with van der Waals surface area (Å²) >= 11 is 0. The predicted molar refractivity (Wildman–Crippen MR) is 85.6 cm³/mol. The molecule has 0 aliphatic carbocycles. The van der Waals surface area contributed by atoms with Crippen molar-refractivity contribution in [1.82, 2.24) is 4.90 Å². The second-order valence-corrected chi connectivity index (χ2v) is 5.64. The first-order valence-electron chi connectivity index (χ1n) is 7.50.